The Morgan fingerprint density at radius 1 is 0.591 bits per heavy atom. The molecule has 0 spiro atoms. The van der Waals surface area contributed by atoms with Gasteiger partial charge < -0.3 is 20.9 Å². The van der Waals surface area contributed by atoms with Gasteiger partial charge in [-0.3, -0.25) is 0 Å². The van der Waals surface area contributed by atoms with Gasteiger partial charge in [0, 0.05) is 0 Å². The van der Waals surface area contributed by atoms with Crippen molar-refractivity contribution in [2.75, 3.05) is 24.7 Å². The van der Waals surface area contributed by atoms with Gasteiger partial charge in [-0.25, -0.2) is 0 Å². The molecule has 0 bridgehead atoms. The molecule has 2 aromatic rings. The monoisotopic (exact) mass is 300 g/mol. The van der Waals surface area contributed by atoms with Gasteiger partial charge >= 0.3 is 0 Å². The van der Waals surface area contributed by atoms with Crippen LogP contribution in [0.1, 0.15) is 25.7 Å². The molecule has 2 rings (SSSR count). The van der Waals surface area contributed by atoms with Gasteiger partial charge in [-0.2, -0.15) is 0 Å². The minimum atomic E-state index is 0.691. The van der Waals surface area contributed by atoms with E-state index in [9.17, 15) is 0 Å². The molecule has 118 valence electrons. The van der Waals surface area contributed by atoms with Gasteiger partial charge in [-0.15, -0.1) is 0 Å². The molecule has 0 radical (unpaired) electrons. The maximum Gasteiger partial charge on any atom is 0.142 e. The third-order valence-corrected chi connectivity index (χ3v) is 3.39. The Morgan fingerprint density at radius 3 is 1.41 bits per heavy atom. The van der Waals surface area contributed by atoms with Crippen molar-refractivity contribution in [1.29, 1.82) is 0 Å². The number of hydrogen-bond donors (Lipinski definition) is 2. The van der Waals surface area contributed by atoms with Crippen molar-refractivity contribution in [3.63, 3.8) is 0 Å². The van der Waals surface area contributed by atoms with Crippen LogP contribution in [0.2, 0.25) is 0 Å². The number of para-hydroxylation sites is 4. The summed E-state index contributed by atoms with van der Waals surface area (Å²) in [5, 5.41) is 0. The predicted molar refractivity (Wildman–Crippen MR) is 91.2 cm³/mol. The van der Waals surface area contributed by atoms with Gasteiger partial charge in [0.05, 0.1) is 24.6 Å². The van der Waals surface area contributed by atoms with Gasteiger partial charge in [-0.05, 0) is 49.9 Å². The van der Waals surface area contributed by atoms with Crippen molar-refractivity contribution in [3.05, 3.63) is 48.5 Å². The molecule has 0 unspecified atom stereocenters. The average molecular weight is 300 g/mol. The molecule has 0 aromatic heterocycles. The number of nitrogen functional groups attached to an aromatic ring is 2. The normalized spacial score (nSPS) is 10.4. The van der Waals surface area contributed by atoms with E-state index < -0.39 is 0 Å². The smallest absolute Gasteiger partial charge is 0.142 e. The number of benzene rings is 2. The summed E-state index contributed by atoms with van der Waals surface area (Å²) in [5.74, 6) is 1.54. The molecule has 4 nitrogen and oxygen atoms in total. The van der Waals surface area contributed by atoms with Crippen LogP contribution in [-0.4, -0.2) is 13.2 Å². The largest absolute Gasteiger partial charge is 0.491 e. The van der Waals surface area contributed by atoms with Crippen molar-refractivity contribution < 1.29 is 9.47 Å². The van der Waals surface area contributed by atoms with E-state index in [-0.39, 0.29) is 0 Å². The van der Waals surface area contributed by atoms with Crippen LogP contribution in [0.3, 0.4) is 0 Å². The van der Waals surface area contributed by atoms with Crippen molar-refractivity contribution in [2.24, 2.45) is 0 Å². The van der Waals surface area contributed by atoms with Gasteiger partial charge in [0.2, 0.25) is 0 Å². The lowest BCUT2D eigenvalue weighted by molar-refractivity contribution is 0.289. The van der Waals surface area contributed by atoms with Crippen LogP contribution < -0.4 is 20.9 Å². The summed E-state index contributed by atoms with van der Waals surface area (Å²) in [6.07, 6.45) is 4.25. The highest BCUT2D eigenvalue weighted by atomic mass is 16.5. The number of anilines is 2. The molecule has 0 atom stereocenters. The first-order valence-corrected chi connectivity index (χ1v) is 7.72. The first-order valence-electron chi connectivity index (χ1n) is 7.72. The van der Waals surface area contributed by atoms with E-state index in [1.54, 1.807) is 0 Å². The zero-order chi connectivity index (χ0) is 15.6. The lowest BCUT2D eigenvalue weighted by Gasteiger charge is -2.09. The van der Waals surface area contributed by atoms with Crippen LogP contribution in [0.4, 0.5) is 11.4 Å². The SMILES string of the molecule is Nc1ccccc1OCCCCCCOc1ccccc1N. The first-order chi connectivity index (χ1) is 10.8. The van der Waals surface area contributed by atoms with E-state index in [4.69, 9.17) is 20.9 Å². The third-order valence-electron chi connectivity index (χ3n) is 3.39. The number of nitrogens with two attached hydrogens (primary N) is 2. The number of ether oxygens (including phenoxy) is 2. The Bertz CT molecular complexity index is 521. The lowest BCUT2D eigenvalue weighted by Crippen LogP contribution is -2.02. The fraction of sp³-hybridized carbons (Fsp3) is 0.333. The van der Waals surface area contributed by atoms with E-state index >= 15 is 0 Å². The van der Waals surface area contributed by atoms with E-state index in [0.717, 1.165) is 37.2 Å². The molecule has 4 N–H and O–H groups in total. The predicted octanol–water partition coefficient (Wildman–Crippen LogP) is 3.87. The second-order valence-corrected chi connectivity index (χ2v) is 5.19. The van der Waals surface area contributed by atoms with Crippen LogP contribution in [0, 0.1) is 0 Å². The first kappa shape index (κ1) is 16.0. The van der Waals surface area contributed by atoms with Gasteiger partial charge in [0.1, 0.15) is 11.5 Å². The zero-order valence-electron chi connectivity index (χ0n) is 12.8. The molecule has 0 aliphatic carbocycles. The summed E-state index contributed by atoms with van der Waals surface area (Å²) >= 11 is 0. The van der Waals surface area contributed by atoms with Crippen LogP contribution in [0.25, 0.3) is 0 Å². The van der Waals surface area contributed by atoms with E-state index in [2.05, 4.69) is 0 Å². The van der Waals surface area contributed by atoms with Crippen molar-refractivity contribution in [1.82, 2.24) is 0 Å². The highest BCUT2D eigenvalue weighted by Crippen LogP contribution is 2.21. The number of unbranched alkanes of at least 4 members (excludes halogenated alkanes) is 3. The minimum absolute atomic E-state index is 0.691. The molecular formula is C18H24N2O2. The summed E-state index contributed by atoms with van der Waals surface area (Å²) in [6.45, 7) is 1.39. The molecule has 0 heterocycles. The standard InChI is InChI=1S/C18H24N2O2/c19-15-9-3-5-11-17(15)21-13-7-1-2-8-14-22-18-12-6-4-10-16(18)20/h3-6,9-12H,1-2,7-8,13-14,19-20H2. The maximum absolute atomic E-state index is 5.82. The van der Waals surface area contributed by atoms with Gasteiger partial charge in [0.15, 0.2) is 0 Å². The molecule has 0 saturated carbocycles. The summed E-state index contributed by atoms with van der Waals surface area (Å²) in [5.41, 5.74) is 13.0. The van der Waals surface area contributed by atoms with Gasteiger partial charge in [-0.1, -0.05) is 24.3 Å². The minimum Gasteiger partial charge on any atom is -0.491 e. The quantitative estimate of drug-likeness (QED) is 0.545. The van der Waals surface area contributed by atoms with E-state index in [1.807, 2.05) is 48.5 Å². The highest BCUT2D eigenvalue weighted by Gasteiger charge is 1.99. The van der Waals surface area contributed by atoms with Crippen molar-refractivity contribution in [3.8, 4) is 11.5 Å². The molecule has 0 amide bonds. The van der Waals surface area contributed by atoms with Crippen LogP contribution in [-0.2, 0) is 0 Å². The van der Waals surface area contributed by atoms with Crippen molar-refractivity contribution >= 4 is 11.4 Å². The van der Waals surface area contributed by atoms with Crippen LogP contribution in [0.15, 0.2) is 48.5 Å². The lowest BCUT2D eigenvalue weighted by atomic mass is 10.2. The Balaban J connectivity index is 1.51. The van der Waals surface area contributed by atoms with E-state index in [0.29, 0.717) is 24.6 Å². The second kappa shape index (κ2) is 8.82. The molecule has 4 heteroatoms. The molecule has 0 saturated heterocycles. The molecule has 0 aliphatic heterocycles. The summed E-state index contributed by atoms with van der Waals surface area (Å²) in [4.78, 5) is 0. The van der Waals surface area contributed by atoms with Crippen molar-refractivity contribution in [2.45, 2.75) is 25.7 Å². The zero-order valence-corrected chi connectivity index (χ0v) is 12.8. The Kier molecular flexibility index (Phi) is 6.42. The average Bonchev–Trinajstić information content (AvgIpc) is 2.53. The Labute approximate surface area is 132 Å². The molecular weight excluding hydrogens is 276 g/mol. The summed E-state index contributed by atoms with van der Waals surface area (Å²) in [6, 6.07) is 15.2. The maximum atomic E-state index is 5.82. The molecule has 2 aromatic carbocycles. The highest BCUT2D eigenvalue weighted by molar-refractivity contribution is 5.52. The summed E-state index contributed by atoms with van der Waals surface area (Å²) < 4.78 is 11.3. The molecule has 0 aliphatic rings. The Morgan fingerprint density at radius 2 is 1.00 bits per heavy atom. The fourth-order valence-electron chi connectivity index (χ4n) is 2.15. The topological polar surface area (TPSA) is 70.5 Å². The van der Waals surface area contributed by atoms with E-state index in [1.165, 1.54) is 0 Å². The molecule has 0 fully saturated rings. The fourth-order valence-corrected chi connectivity index (χ4v) is 2.15. The van der Waals surface area contributed by atoms with Crippen LogP contribution >= 0.6 is 0 Å². The number of rotatable bonds is 9. The van der Waals surface area contributed by atoms with Crippen LogP contribution in [0.5, 0.6) is 11.5 Å². The molecule has 22 heavy (non-hydrogen) atoms. The summed E-state index contributed by atoms with van der Waals surface area (Å²) in [7, 11) is 0. The van der Waals surface area contributed by atoms with Gasteiger partial charge in [0.25, 0.3) is 0 Å². The third kappa shape index (κ3) is 5.20. The number of hydrogen-bond acceptors (Lipinski definition) is 4. The Hall–Kier alpha value is -2.36. The second-order valence-electron chi connectivity index (χ2n) is 5.19.